The molecule has 2 aromatic carbocycles. The van der Waals surface area contributed by atoms with Gasteiger partial charge in [0.2, 0.25) is 5.75 Å². The minimum atomic E-state index is -0.682. The number of nitro benzene ring substituents is 1. The molecule has 0 aliphatic carbocycles. The van der Waals surface area contributed by atoms with Gasteiger partial charge in [0.1, 0.15) is 5.82 Å². The van der Waals surface area contributed by atoms with E-state index in [9.17, 15) is 24.1 Å². The average Bonchev–Trinajstić information content (AvgIpc) is 2.56. The summed E-state index contributed by atoms with van der Waals surface area (Å²) in [7, 11) is 0. The topological polar surface area (TPSA) is 98.5 Å². The van der Waals surface area contributed by atoms with Crippen LogP contribution in [0.25, 0.3) is 6.08 Å². The SMILES string of the molecule is CC(=O)Oc1ccc(/C=C2/Sc3cc(F)ccc3NC2=O)cc1[N+](=O)[O-]. The van der Waals surface area contributed by atoms with Crippen LogP contribution in [0.1, 0.15) is 12.5 Å². The maximum absolute atomic E-state index is 13.4. The Hall–Kier alpha value is -3.20. The second-order valence-corrected chi connectivity index (χ2v) is 6.37. The van der Waals surface area contributed by atoms with E-state index in [0.29, 0.717) is 16.1 Å². The molecule has 26 heavy (non-hydrogen) atoms. The Kier molecular flexibility index (Phi) is 4.72. The lowest BCUT2D eigenvalue weighted by molar-refractivity contribution is -0.385. The summed E-state index contributed by atoms with van der Waals surface area (Å²) in [6.45, 7) is 1.14. The molecule has 1 N–H and O–H groups in total. The molecule has 0 atom stereocenters. The number of hydrogen-bond acceptors (Lipinski definition) is 6. The lowest BCUT2D eigenvalue weighted by Gasteiger charge is -2.18. The van der Waals surface area contributed by atoms with Crippen molar-refractivity contribution >= 4 is 41.1 Å². The predicted octanol–water partition coefficient (Wildman–Crippen LogP) is 3.74. The molecule has 0 unspecified atom stereocenters. The second-order valence-electron chi connectivity index (χ2n) is 5.28. The molecule has 1 aliphatic rings. The molecule has 0 bridgehead atoms. The van der Waals surface area contributed by atoms with Crippen LogP contribution in [0.15, 0.2) is 46.2 Å². The van der Waals surface area contributed by atoms with E-state index in [-0.39, 0.29) is 10.7 Å². The van der Waals surface area contributed by atoms with Gasteiger partial charge in [0.25, 0.3) is 5.91 Å². The molecule has 0 fully saturated rings. The van der Waals surface area contributed by atoms with Gasteiger partial charge in [-0.05, 0) is 35.9 Å². The zero-order valence-electron chi connectivity index (χ0n) is 13.3. The average molecular weight is 374 g/mol. The van der Waals surface area contributed by atoms with Gasteiger partial charge in [0.05, 0.1) is 15.5 Å². The standard InChI is InChI=1S/C17H11FN2O5S/c1-9(21)25-14-5-2-10(6-13(14)20(23)24)7-16-17(22)19-12-4-3-11(18)8-15(12)26-16/h2-8H,1H3,(H,19,22)/b16-7+. The first kappa shape index (κ1) is 17.6. The van der Waals surface area contributed by atoms with Gasteiger partial charge in [-0.2, -0.15) is 0 Å². The van der Waals surface area contributed by atoms with Crippen molar-refractivity contribution in [2.45, 2.75) is 11.8 Å². The number of benzene rings is 2. The second kappa shape index (κ2) is 6.96. The van der Waals surface area contributed by atoms with E-state index in [1.807, 2.05) is 0 Å². The van der Waals surface area contributed by atoms with Crippen LogP contribution in [0.3, 0.4) is 0 Å². The van der Waals surface area contributed by atoms with Crippen molar-refractivity contribution in [2.75, 3.05) is 5.32 Å². The summed E-state index contributed by atoms with van der Waals surface area (Å²) in [4.78, 5) is 34.5. The molecule has 2 aromatic rings. The molecule has 0 spiro atoms. The summed E-state index contributed by atoms with van der Waals surface area (Å²) in [6.07, 6.45) is 1.44. The van der Waals surface area contributed by atoms with E-state index in [1.54, 1.807) is 0 Å². The Balaban J connectivity index is 1.96. The maximum Gasteiger partial charge on any atom is 0.312 e. The molecular formula is C17H11FN2O5S. The smallest absolute Gasteiger partial charge is 0.312 e. The highest BCUT2D eigenvalue weighted by Gasteiger charge is 2.22. The molecule has 0 aromatic heterocycles. The largest absolute Gasteiger partial charge is 0.419 e. The van der Waals surface area contributed by atoms with Gasteiger partial charge in [-0.25, -0.2) is 4.39 Å². The lowest BCUT2D eigenvalue weighted by Crippen LogP contribution is -2.17. The molecule has 7 nitrogen and oxygen atoms in total. The molecular weight excluding hydrogens is 363 g/mol. The molecule has 132 valence electrons. The minimum Gasteiger partial charge on any atom is -0.419 e. The number of thioether (sulfide) groups is 1. The number of carbonyl (C=O) groups excluding carboxylic acids is 2. The molecule has 1 aliphatic heterocycles. The Morgan fingerprint density at radius 1 is 1.31 bits per heavy atom. The molecule has 3 rings (SSSR count). The van der Waals surface area contributed by atoms with Gasteiger partial charge in [0, 0.05) is 17.9 Å². The Morgan fingerprint density at radius 2 is 2.08 bits per heavy atom. The number of nitrogens with one attached hydrogen (secondary N) is 1. The number of nitro groups is 1. The highest BCUT2D eigenvalue weighted by molar-refractivity contribution is 8.04. The molecule has 1 heterocycles. The fourth-order valence-electron chi connectivity index (χ4n) is 2.29. The number of esters is 1. The van der Waals surface area contributed by atoms with Crippen molar-refractivity contribution < 1.29 is 23.6 Å². The Labute approximate surface area is 151 Å². The summed E-state index contributed by atoms with van der Waals surface area (Å²) in [5, 5.41) is 13.8. The molecule has 9 heteroatoms. The van der Waals surface area contributed by atoms with Crippen LogP contribution in [-0.2, 0) is 9.59 Å². The first-order chi connectivity index (χ1) is 12.3. The third-order valence-corrected chi connectivity index (χ3v) is 4.45. The van der Waals surface area contributed by atoms with Crippen molar-refractivity contribution in [1.29, 1.82) is 0 Å². The van der Waals surface area contributed by atoms with Gasteiger partial charge in [0.15, 0.2) is 0 Å². The van der Waals surface area contributed by atoms with E-state index in [4.69, 9.17) is 4.74 Å². The molecule has 0 radical (unpaired) electrons. The Bertz CT molecular complexity index is 974. The van der Waals surface area contributed by atoms with Gasteiger partial charge in [-0.15, -0.1) is 0 Å². The van der Waals surface area contributed by atoms with Crippen LogP contribution >= 0.6 is 11.8 Å². The van der Waals surface area contributed by atoms with Crippen molar-refractivity contribution in [1.82, 2.24) is 0 Å². The fourth-order valence-corrected chi connectivity index (χ4v) is 3.26. The zero-order valence-corrected chi connectivity index (χ0v) is 14.1. The van der Waals surface area contributed by atoms with Crippen molar-refractivity contribution in [3.05, 3.63) is 62.8 Å². The van der Waals surface area contributed by atoms with Crippen LogP contribution in [0.5, 0.6) is 5.75 Å². The lowest BCUT2D eigenvalue weighted by atomic mass is 10.1. The first-order valence-electron chi connectivity index (χ1n) is 7.31. The van der Waals surface area contributed by atoms with Crippen molar-refractivity contribution in [2.24, 2.45) is 0 Å². The molecule has 0 saturated carbocycles. The summed E-state index contributed by atoms with van der Waals surface area (Å²) in [5.41, 5.74) is 0.460. The number of halogens is 1. The molecule has 1 amide bonds. The number of fused-ring (bicyclic) bond motifs is 1. The summed E-state index contributed by atoms with van der Waals surface area (Å²) in [5.74, 6) is -1.70. The van der Waals surface area contributed by atoms with Gasteiger partial charge < -0.3 is 10.1 Å². The highest BCUT2D eigenvalue weighted by Crippen LogP contribution is 2.39. The maximum atomic E-state index is 13.4. The monoisotopic (exact) mass is 374 g/mol. The van der Waals surface area contributed by atoms with Crippen molar-refractivity contribution in [3.63, 3.8) is 0 Å². The number of amides is 1. The minimum absolute atomic E-state index is 0.183. The molecule has 0 saturated heterocycles. The summed E-state index contributed by atoms with van der Waals surface area (Å²) < 4.78 is 18.2. The van der Waals surface area contributed by atoms with E-state index in [1.165, 1.54) is 42.5 Å². The van der Waals surface area contributed by atoms with Crippen LogP contribution in [0.2, 0.25) is 0 Å². The van der Waals surface area contributed by atoms with Crippen LogP contribution in [0, 0.1) is 15.9 Å². The van der Waals surface area contributed by atoms with Gasteiger partial charge in [-0.3, -0.25) is 19.7 Å². The Morgan fingerprint density at radius 3 is 2.77 bits per heavy atom. The van der Waals surface area contributed by atoms with Crippen LogP contribution < -0.4 is 10.1 Å². The predicted molar refractivity (Wildman–Crippen MR) is 93.3 cm³/mol. The number of ether oxygens (including phenoxy) is 1. The summed E-state index contributed by atoms with van der Waals surface area (Å²) >= 11 is 1.06. The number of hydrogen-bond donors (Lipinski definition) is 1. The van der Waals surface area contributed by atoms with E-state index >= 15 is 0 Å². The fraction of sp³-hybridized carbons (Fsp3) is 0.0588. The third kappa shape index (κ3) is 3.72. The van der Waals surface area contributed by atoms with Crippen LogP contribution in [-0.4, -0.2) is 16.8 Å². The number of carbonyl (C=O) groups is 2. The number of nitrogens with zero attached hydrogens (tertiary/aromatic N) is 1. The first-order valence-corrected chi connectivity index (χ1v) is 8.12. The van der Waals surface area contributed by atoms with Gasteiger partial charge >= 0.3 is 11.7 Å². The van der Waals surface area contributed by atoms with Gasteiger partial charge in [-0.1, -0.05) is 17.8 Å². The summed E-state index contributed by atoms with van der Waals surface area (Å²) in [6, 6.07) is 7.95. The highest BCUT2D eigenvalue weighted by atomic mass is 32.2. The number of anilines is 1. The third-order valence-electron chi connectivity index (χ3n) is 3.37. The zero-order chi connectivity index (χ0) is 18.8. The number of rotatable bonds is 3. The van der Waals surface area contributed by atoms with Crippen LogP contribution in [0.4, 0.5) is 15.8 Å². The van der Waals surface area contributed by atoms with Crippen molar-refractivity contribution in [3.8, 4) is 5.75 Å². The normalized spacial score (nSPS) is 14.5. The van der Waals surface area contributed by atoms with E-state index < -0.39 is 28.3 Å². The van der Waals surface area contributed by atoms with E-state index in [2.05, 4.69) is 5.32 Å². The van der Waals surface area contributed by atoms with E-state index in [0.717, 1.165) is 18.7 Å². The quantitative estimate of drug-likeness (QED) is 0.289.